The van der Waals surface area contributed by atoms with Gasteiger partial charge in [-0.15, -0.1) is 11.3 Å². The molecule has 3 heterocycles. The van der Waals surface area contributed by atoms with Crippen LogP contribution in [0.5, 0.6) is 0 Å². The first-order valence-corrected chi connectivity index (χ1v) is 9.86. The van der Waals surface area contributed by atoms with Gasteiger partial charge in [-0.25, -0.2) is 4.98 Å². The van der Waals surface area contributed by atoms with E-state index in [4.69, 9.17) is 0 Å². The minimum absolute atomic E-state index is 0.142. The molecule has 25 heavy (non-hydrogen) atoms. The number of nitrogens with zero attached hydrogens (tertiary/aromatic N) is 2. The Morgan fingerprint density at radius 3 is 2.84 bits per heavy atom. The van der Waals surface area contributed by atoms with Gasteiger partial charge in [-0.1, -0.05) is 30.3 Å². The normalized spacial score (nSPS) is 27.8. The van der Waals surface area contributed by atoms with Gasteiger partial charge in [0.2, 0.25) is 5.91 Å². The number of benzene rings is 1. The lowest BCUT2D eigenvalue weighted by Gasteiger charge is -2.36. The molecule has 0 radical (unpaired) electrons. The van der Waals surface area contributed by atoms with Crippen molar-refractivity contribution in [2.45, 2.75) is 51.1 Å². The smallest absolute Gasteiger partial charge is 0.229 e. The number of hydrogen-bond acceptors (Lipinski definition) is 4. The fourth-order valence-corrected chi connectivity index (χ4v) is 5.43. The number of carbonyl (C=O) groups excluding carboxylic acids is 1. The quantitative estimate of drug-likeness (QED) is 0.896. The van der Waals surface area contributed by atoms with Crippen LogP contribution in [0.3, 0.4) is 0 Å². The number of thiazole rings is 1. The molecule has 1 amide bonds. The van der Waals surface area contributed by atoms with E-state index in [2.05, 4.69) is 22.0 Å². The lowest BCUT2D eigenvalue weighted by molar-refractivity contribution is -0.132. The molecule has 0 saturated carbocycles. The van der Waals surface area contributed by atoms with E-state index in [0.29, 0.717) is 6.42 Å². The number of hydrogen-bond donors (Lipinski definition) is 1. The van der Waals surface area contributed by atoms with Crippen LogP contribution in [0.4, 0.5) is 0 Å². The third-order valence-electron chi connectivity index (χ3n) is 5.85. The predicted octanol–water partition coefficient (Wildman–Crippen LogP) is 2.98. The third-order valence-corrected chi connectivity index (χ3v) is 6.67. The van der Waals surface area contributed by atoms with E-state index in [-0.39, 0.29) is 30.0 Å². The highest BCUT2D eigenvalue weighted by Crippen LogP contribution is 2.51. The topological polar surface area (TPSA) is 53.4 Å². The summed E-state index contributed by atoms with van der Waals surface area (Å²) in [6.07, 6.45) is 4.18. The van der Waals surface area contributed by atoms with Gasteiger partial charge < -0.3 is 10.0 Å². The van der Waals surface area contributed by atoms with Gasteiger partial charge in [-0.05, 0) is 38.2 Å². The first-order valence-electron chi connectivity index (χ1n) is 8.98. The lowest BCUT2D eigenvalue weighted by Crippen LogP contribution is -2.44. The maximum absolute atomic E-state index is 12.9. The molecule has 2 fully saturated rings. The van der Waals surface area contributed by atoms with E-state index in [1.54, 1.807) is 11.3 Å². The summed E-state index contributed by atoms with van der Waals surface area (Å²) < 4.78 is 0. The second kappa shape index (κ2) is 6.54. The highest BCUT2D eigenvalue weighted by molar-refractivity contribution is 7.09. The average Bonchev–Trinajstić information content (AvgIpc) is 3.29. The molecule has 2 aliphatic heterocycles. The van der Waals surface area contributed by atoms with Crippen LogP contribution in [0.1, 0.15) is 35.5 Å². The number of amides is 1. The Labute approximate surface area is 152 Å². The number of aliphatic hydroxyl groups excluding tert-OH is 1. The number of carbonyl (C=O) groups is 1. The summed E-state index contributed by atoms with van der Waals surface area (Å²) >= 11 is 1.59. The van der Waals surface area contributed by atoms with Crippen molar-refractivity contribution in [3.8, 4) is 0 Å². The number of aliphatic hydroxyl groups is 1. The van der Waals surface area contributed by atoms with Gasteiger partial charge in [0, 0.05) is 22.9 Å². The van der Waals surface area contributed by atoms with Crippen molar-refractivity contribution in [2.75, 3.05) is 6.61 Å². The van der Waals surface area contributed by atoms with Gasteiger partial charge in [0.25, 0.3) is 0 Å². The van der Waals surface area contributed by atoms with Crippen LogP contribution in [-0.2, 0) is 17.6 Å². The number of aryl methyl sites for hydroxylation is 1. The zero-order chi connectivity index (χ0) is 17.4. The number of rotatable bonds is 5. The Morgan fingerprint density at radius 2 is 2.16 bits per heavy atom. The van der Waals surface area contributed by atoms with E-state index in [9.17, 15) is 9.90 Å². The molecule has 1 N–H and O–H groups in total. The Kier molecular flexibility index (Phi) is 4.38. The summed E-state index contributed by atoms with van der Waals surface area (Å²) in [5.74, 6) is 0.168. The van der Waals surface area contributed by atoms with Crippen molar-refractivity contribution in [3.05, 3.63) is 52.0 Å². The molecule has 3 atom stereocenters. The number of fused-ring (bicyclic) bond motifs is 2. The summed E-state index contributed by atoms with van der Waals surface area (Å²) in [5.41, 5.74) is 1.92. The lowest BCUT2D eigenvalue weighted by atomic mass is 9.70. The molecule has 4 rings (SSSR count). The van der Waals surface area contributed by atoms with Crippen molar-refractivity contribution in [3.63, 3.8) is 0 Å². The van der Waals surface area contributed by atoms with Crippen molar-refractivity contribution >= 4 is 17.2 Å². The molecule has 0 spiro atoms. The Balaban J connectivity index is 1.54. The van der Waals surface area contributed by atoms with E-state index in [0.717, 1.165) is 36.4 Å². The average molecular weight is 356 g/mol. The minimum atomic E-state index is -0.197. The molecule has 2 aromatic rings. The van der Waals surface area contributed by atoms with Crippen molar-refractivity contribution in [1.82, 2.24) is 9.88 Å². The van der Waals surface area contributed by atoms with Crippen LogP contribution in [-0.4, -0.2) is 39.6 Å². The summed E-state index contributed by atoms with van der Waals surface area (Å²) in [6, 6.07) is 10.8. The van der Waals surface area contributed by atoms with E-state index in [1.807, 2.05) is 30.5 Å². The summed E-state index contributed by atoms with van der Waals surface area (Å²) in [4.78, 5) is 19.5. The second-order valence-electron chi connectivity index (χ2n) is 7.47. The largest absolute Gasteiger partial charge is 0.396 e. The summed E-state index contributed by atoms with van der Waals surface area (Å²) in [5, 5.41) is 13.2. The summed E-state index contributed by atoms with van der Waals surface area (Å²) in [7, 11) is 0. The molecular formula is C20H24N2O2S. The fraction of sp³-hybridized carbons (Fsp3) is 0.500. The van der Waals surface area contributed by atoms with Gasteiger partial charge in [-0.3, -0.25) is 4.79 Å². The zero-order valence-electron chi connectivity index (χ0n) is 14.5. The first-order chi connectivity index (χ1) is 12.1. The Hall–Kier alpha value is -1.72. The van der Waals surface area contributed by atoms with Gasteiger partial charge in [0.1, 0.15) is 0 Å². The molecular weight excluding hydrogens is 332 g/mol. The molecule has 2 saturated heterocycles. The van der Waals surface area contributed by atoms with Crippen LogP contribution < -0.4 is 0 Å². The van der Waals surface area contributed by atoms with E-state index in [1.165, 1.54) is 5.56 Å². The first kappa shape index (κ1) is 16.7. The van der Waals surface area contributed by atoms with E-state index < -0.39 is 0 Å². The monoisotopic (exact) mass is 356 g/mol. The van der Waals surface area contributed by atoms with Crippen molar-refractivity contribution in [2.24, 2.45) is 5.41 Å². The number of aromatic nitrogens is 1. The van der Waals surface area contributed by atoms with Crippen LogP contribution in [0.2, 0.25) is 0 Å². The molecule has 0 aliphatic carbocycles. The second-order valence-corrected chi connectivity index (χ2v) is 8.53. The van der Waals surface area contributed by atoms with Gasteiger partial charge in [0.15, 0.2) is 0 Å². The maximum atomic E-state index is 12.9. The highest BCUT2D eigenvalue weighted by Gasteiger charge is 2.56. The van der Waals surface area contributed by atoms with Gasteiger partial charge in [0.05, 0.1) is 23.7 Å². The standard InChI is InChI=1S/C20H24N2O2S/c1-14-21-16(12-25-14)9-19(24)22-17-7-8-18(22)20(11-17,13-23)10-15-5-3-2-4-6-15/h2-6,12,17-18,23H,7-11,13H2,1H3/t17-,18+,20-/m0/s1. The molecule has 132 valence electrons. The molecule has 1 aromatic heterocycles. The molecule has 5 heteroatoms. The summed E-state index contributed by atoms with van der Waals surface area (Å²) in [6.45, 7) is 2.11. The van der Waals surface area contributed by atoms with E-state index >= 15 is 0 Å². The van der Waals surface area contributed by atoms with Crippen molar-refractivity contribution in [1.29, 1.82) is 0 Å². The fourth-order valence-electron chi connectivity index (χ4n) is 4.82. The molecule has 2 bridgehead atoms. The van der Waals surface area contributed by atoms with Gasteiger partial charge in [-0.2, -0.15) is 0 Å². The van der Waals surface area contributed by atoms with Crippen LogP contribution in [0.15, 0.2) is 35.7 Å². The Bertz CT molecular complexity index is 760. The minimum Gasteiger partial charge on any atom is -0.396 e. The highest BCUT2D eigenvalue weighted by atomic mass is 32.1. The Morgan fingerprint density at radius 1 is 1.36 bits per heavy atom. The molecule has 4 nitrogen and oxygen atoms in total. The molecule has 1 aromatic carbocycles. The maximum Gasteiger partial charge on any atom is 0.229 e. The van der Waals surface area contributed by atoms with Gasteiger partial charge >= 0.3 is 0 Å². The molecule has 0 unspecified atom stereocenters. The predicted molar refractivity (Wildman–Crippen MR) is 98.5 cm³/mol. The van der Waals surface area contributed by atoms with Crippen LogP contribution in [0, 0.1) is 12.3 Å². The SMILES string of the molecule is Cc1nc(CC(=O)N2[C@H]3CC[C@@H]2[C@@](CO)(Cc2ccccc2)C3)cs1. The molecule has 2 aliphatic rings. The van der Waals surface area contributed by atoms with Crippen molar-refractivity contribution < 1.29 is 9.90 Å². The zero-order valence-corrected chi connectivity index (χ0v) is 15.3. The van der Waals surface area contributed by atoms with Crippen LogP contribution >= 0.6 is 11.3 Å². The third kappa shape index (κ3) is 3.00. The van der Waals surface area contributed by atoms with Crippen LogP contribution in [0.25, 0.3) is 0 Å².